The van der Waals surface area contributed by atoms with Crippen LogP contribution in [0.3, 0.4) is 0 Å². The summed E-state index contributed by atoms with van der Waals surface area (Å²) in [4.78, 5) is 0. The minimum absolute atomic E-state index is 0.150. The maximum Gasteiger partial charge on any atom is 0.125 e. The lowest BCUT2D eigenvalue weighted by Crippen LogP contribution is -2.13. The van der Waals surface area contributed by atoms with Crippen LogP contribution in [0.1, 0.15) is 29.2 Å². The van der Waals surface area contributed by atoms with Gasteiger partial charge in [-0.1, -0.05) is 18.2 Å². The number of hydrogen-bond acceptors (Lipinski definition) is 2. The van der Waals surface area contributed by atoms with Crippen molar-refractivity contribution >= 4 is 0 Å². The first-order chi connectivity index (χ1) is 9.60. The van der Waals surface area contributed by atoms with Crippen molar-refractivity contribution in [3.8, 4) is 5.75 Å². The molecule has 0 aromatic heterocycles. The van der Waals surface area contributed by atoms with Crippen molar-refractivity contribution in [1.29, 1.82) is 0 Å². The first-order valence-corrected chi connectivity index (χ1v) is 6.79. The third-order valence-corrected chi connectivity index (χ3v) is 3.43. The normalized spacial score (nSPS) is 12.2. The highest BCUT2D eigenvalue weighted by Gasteiger charge is 2.13. The van der Waals surface area contributed by atoms with Crippen molar-refractivity contribution in [2.75, 3.05) is 6.54 Å². The molecule has 2 N–H and O–H groups in total. The molecule has 0 bridgehead atoms. The summed E-state index contributed by atoms with van der Waals surface area (Å²) in [5, 5.41) is 0. The molecule has 20 heavy (non-hydrogen) atoms. The summed E-state index contributed by atoms with van der Waals surface area (Å²) >= 11 is 0. The van der Waals surface area contributed by atoms with Gasteiger partial charge in [0.2, 0.25) is 0 Å². The van der Waals surface area contributed by atoms with E-state index in [-0.39, 0.29) is 11.9 Å². The molecule has 0 radical (unpaired) electrons. The van der Waals surface area contributed by atoms with Crippen molar-refractivity contribution in [1.82, 2.24) is 0 Å². The van der Waals surface area contributed by atoms with Crippen LogP contribution in [0.5, 0.6) is 5.75 Å². The van der Waals surface area contributed by atoms with E-state index in [2.05, 4.69) is 13.8 Å². The largest absolute Gasteiger partial charge is 0.486 e. The summed E-state index contributed by atoms with van der Waals surface area (Å²) < 4.78 is 19.0. The van der Waals surface area contributed by atoms with Gasteiger partial charge in [-0.25, -0.2) is 4.39 Å². The topological polar surface area (TPSA) is 35.2 Å². The van der Waals surface area contributed by atoms with E-state index in [0.717, 1.165) is 11.3 Å². The molecule has 0 amide bonds. The highest BCUT2D eigenvalue weighted by atomic mass is 19.1. The highest BCUT2D eigenvalue weighted by molar-refractivity contribution is 5.34. The van der Waals surface area contributed by atoms with Crippen molar-refractivity contribution < 1.29 is 9.13 Å². The summed E-state index contributed by atoms with van der Waals surface area (Å²) in [5.41, 5.74) is 9.01. The third kappa shape index (κ3) is 3.58. The van der Waals surface area contributed by atoms with Crippen molar-refractivity contribution in [3.05, 3.63) is 65.0 Å². The van der Waals surface area contributed by atoms with Crippen LogP contribution in [0.2, 0.25) is 0 Å². The number of halogens is 1. The average molecular weight is 273 g/mol. The molecule has 106 valence electrons. The van der Waals surface area contributed by atoms with Crippen molar-refractivity contribution in [2.45, 2.75) is 26.4 Å². The fourth-order valence-corrected chi connectivity index (χ4v) is 2.07. The molecule has 0 aliphatic carbocycles. The predicted octanol–water partition coefficient (Wildman–Crippen LogP) is 3.91. The SMILES string of the molecule is Cc1ccc(OC(CCN)c2ccc(F)cc2)cc1C. The standard InChI is InChI=1S/C17H20FNO/c1-12-3-8-16(11-13(12)2)20-17(9-10-19)14-4-6-15(18)7-5-14/h3-8,11,17H,9-10,19H2,1-2H3. The van der Waals surface area contributed by atoms with E-state index in [9.17, 15) is 4.39 Å². The minimum atomic E-state index is -0.244. The van der Waals surface area contributed by atoms with Gasteiger partial charge in [0.1, 0.15) is 17.7 Å². The monoisotopic (exact) mass is 273 g/mol. The Morgan fingerprint density at radius 2 is 1.75 bits per heavy atom. The molecule has 1 unspecified atom stereocenters. The average Bonchev–Trinajstić information content (AvgIpc) is 2.43. The van der Waals surface area contributed by atoms with Gasteiger partial charge in [0, 0.05) is 6.42 Å². The molecule has 2 rings (SSSR count). The summed E-state index contributed by atoms with van der Waals surface area (Å²) in [7, 11) is 0. The van der Waals surface area contributed by atoms with Crippen molar-refractivity contribution in [3.63, 3.8) is 0 Å². The van der Waals surface area contributed by atoms with Crippen molar-refractivity contribution in [2.24, 2.45) is 5.73 Å². The summed E-state index contributed by atoms with van der Waals surface area (Å²) in [6.07, 6.45) is 0.543. The van der Waals surface area contributed by atoms with Crippen LogP contribution in [-0.4, -0.2) is 6.54 Å². The summed E-state index contributed by atoms with van der Waals surface area (Å²) in [5.74, 6) is 0.572. The van der Waals surface area contributed by atoms with Crippen LogP contribution in [0.15, 0.2) is 42.5 Å². The zero-order valence-corrected chi connectivity index (χ0v) is 11.9. The van der Waals surface area contributed by atoms with Crippen LogP contribution in [-0.2, 0) is 0 Å². The Labute approximate surface area is 119 Å². The van der Waals surface area contributed by atoms with Gasteiger partial charge in [0.25, 0.3) is 0 Å². The van der Waals surface area contributed by atoms with Gasteiger partial charge in [0.15, 0.2) is 0 Å². The minimum Gasteiger partial charge on any atom is -0.486 e. The third-order valence-electron chi connectivity index (χ3n) is 3.43. The van der Waals surface area contributed by atoms with E-state index in [0.29, 0.717) is 13.0 Å². The fraction of sp³-hybridized carbons (Fsp3) is 0.294. The summed E-state index contributed by atoms with van der Waals surface area (Å²) in [6, 6.07) is 12.4. The second kappa shape index (κ2) is 6.53. The Balaban J connectivity index is 2.20. The lowest BCUT2D eigenvalue weighted by Gasteiger charge is -2.19. The Morgan fingerprint density at radius 1 is 1.05 bits per heavy atom. The molecule has 3 heteroatoms. The maximum atomic E-state index is 13.0. The molecule has 0 fully saturated rings. The first kappa shape index (κ1) is 14.5. The van der Waals surface area contributed by atoms with Gasteiger partial charge < -0.3 is 10.5 Å². The second-order valence-corrected chi connectivity index (χ2v) is 4.98. The van der Waals surface area contributed by atoms with Crippen LogP contribution in [0, 0.1) is 19.7 Å². The molecule has 2 aromatic carbocycles. The van der Waals surface area contributed by atoms with E-state index in [1.165, 1.54) is 23.3 Å². The van der Waals surface area contributed by atoms with E-state index in [1.54, 1.807) is 12.1 Å². The summed E-state index contributed by atoms with van der Waals surface area (Å²) in [6.45, 7) is 4.64. The molecule has 0 heterocycles. The first-order valence-electron chi connectivity index (χ1n) is 6.79. The zero-order chi connectivity index (χ0) is 14.5. The van der Waals surface area contributed by atoms with Gasteiger partial charge in [-0.2, -0.15) is 0 Å². The molecule has 0 spiro atoms. The zero-order valence-electron chi connectivity index (χ0n) is 11.9. The Kier molecular flexibility index (Phi) is 4.74. The van der Waals surface area contributed by atoms with E-state index < -0.39 is 0 Å². The molecule has 0 saturated carbocycles. The Morgan fingerprint density at radius 3 is 2.35 bits per heavy atom. The molecular formula is C17H20FNO. The van der Waals surface area contributed by atoms with E-state index in [1.807, 2.05) is 18.2 Å². The van der Waals surface area contributed by atoms with Gasteiger partial charge >= 0.3 is 0 Å². The second-order valence-electron chi connectivity index (χ2n) is 4.98. The molecule has 0 saturated heterocycles. The number of nitrogens with two attached hydrogens (primary N) is 1. The quantitative estimate of drug-likeness (QED) is 0.896. The number of aryl methyl sites for hydroxylation is 2. The fourth-order valence-electron chi connectivity index (χ4n) is 2.07. The highest BCUT2D eigenvalue weighted by Crippen LogP contribution is 2.26. The van der Waals surface area contributed by atoms with Gasteiger partial charge in [-0.3, -0.25) is 0 Å². The Hall–Kier alpha value is -1.87. The lowest BCUT2D eigenvalue weighted by atomic mass is 10.1. The number of hydrogen-bond donors (Lipinski definition) is 1. The van der Waals surface area contributed by atoms with Crippen LogP contribution in [0.4, 0.5) is 4.39 Å². The van der Waals surface area contributed by atoms with Gasteiger partial charge in [-0.15, -0.1) is 0 Å². The van der Waals surface area contributed by atoms with Crippen LogP contribution < -0.4 is 10.5 Å². The van der Waals surface area contributed by atoms with Crippen LogP contribution >= 0.6 is 0 Å². The molecule has 0 aliphatic rings. The predicted molar refractivity (Wildman–Crippen MR) is 79.4 cm³/mol. The van der Waals surface area contributed by atoms with E-state index in [4.69, 9.17) is 10.5 Å². The van der Waals surface area contributed by atoms with Gasteiger partial charge in [-0.05, 0) is 61.3 Å². The number of ether oxygens (including phenoxy) is 1. The molecule has 2 nitrogen and oxygen atoms in total. The maximum absolute atomic E-state index is 13.0. The Bertz CT molecular complexity index is 566. The lowest BCUT2D eigenvalue weighted by molar-refractivity contribution is 0.197. The molecule has 0 aliphatic heterocycles. The number of rotatable bonds is 5. The molecular weight excluding hydrogens is 253 g/mol. The van der Waals surface area contributed by atoms with E-state index >= 15 is 0 Å². The molecule has 2 aromatic rings. The number of benzene rings is 2. The smallest absolute Gasteiger partial charge is 0.125 e. The van der Waals surface area contributed by atoms with Crippen LogP contribution in [0.25, 0.3) is 0 Å². The molecule has 1 atom stereocenters. The van der Waals surface area contributed by atoms with Gasteiger partial charge in [0.05, 0.1) is 0 Å².